The van der Waals surface area contributed by atoms with Gasteiger partial charge in [0.15, 0.2) is 0 Å². The van der Waals surface area contributed by atoms with Crippen LogP contribution in [-0.4, -0.2) is 31.4 Å². The maximum Gasteiger partial charge on any atom is 0.322 e. The minimum atomic E-state index is -0.259. The zero-order valence-corrected chi connectivity index (χ0v) is 13.2. The molecule has 0 aliphatic heterocycles. The Morgan fingerprint density at radius 1 is 1.42 bits per heavy atom. The van der Waals surface area contributed by atoms with E-state index in [2.05, 4.69) is 5.32 Å². The predicted molar refractivity (Wildman–Crippen MR) is 81.3 cm³/mol. The molecular formula is C13H17Cl2NO2S. The summed E-state index contributed by atoms with van der Waals surface area (Å²) >= 11 is 13.4. The Hall–Kier alpha value is -0.420. The summed E-state index contributed by atoms with van der Waals surface area (Å²) in [4.78, 5) is 12.5. The predicted octanol–water partition coefficient (Wildman–Crippen LogP) is 3.63. The minimum absolute atomic E-state index is 0.225. The first-order valence-corrected chi connectivity index (χ1v) is 7.71. The molecule has 3 nitrogen and oxygen atoms in total. The van der Waals surface area contributed by atoms with Crippen molar-refractivity contribution in [3.05, 3.63) is 28.2 Å². The molecule has 0 saturated heterocycles. The standard InChI is InChI=1S/C13H17Cl2NO2S/c1-3-16-12(13(17)18-2)6-7-19-9-4-5-10(14)11(15)8-9/h4-5,8,12,16H,3,6-7H2,1-2H3. The van der Waals surface area contributed by atoms with Crippen LogP contribution in [0.25, 0.3) is 0 Å². The number of hydrogen-bond donors (Lipinski definition) is 1. The SMILES string of the molecule is CCNC(CCSc1ccc(Cl)c(Cl)c1)C(=O)OC. The van der Waals surface area contributed by atoms with E-state index >= 15 is 0 Å². The average Bonchev–Trinajstić information content (AvgIpc) is 2.41. The third kappa shape index (κ3) is 5.61. The highest BCUT2D eigenvalue weighted by molar-refractivity contribution is 7.99. The van der Waals surface area contributed by atoms with Crippen molar-refractivity contribution in [3.63, 3.8) is 0 Å². The zero-order chi connectivity index (χ0) is 14.3. The van der Waals surface area contributed by atoms with Crippen LogP contribution >= 0.6 is 35.0 Å². The van der Waals surface area contributed by atoms with Crippen LogP contribution in [-0.2, 0) is 9.53 Å². The van der Waals surface area contributed by atoms with E-state index < -0.39 is 0 Å². The van der Waals surface area contributed by atoms with Gasteiger partial charge in [0.2, 0.25) is 0 Å². The Balaban J connectivity index is 2.47. The number of esters is 1. The molecule has 1 rings (SSSR count). The van der Waals surface area contributed by atoms with Gasteiger partial charge in [0.25, 0.3) is 0 Å². The van der Waals surface area contributed by atoms with Crippen LogP contribution in [0.5, 0.6) is 0 Å². The summed E-state index contributed by atoms with van der Waals surface area (Å²) in [7, 11) is 1.40. The van der Waals surface area contributed by atoms with Crippen LogP contribution in [0.2, 0.25) is 10.0 Å². The second-order valence-electron chi connectivity index (χ2n) is 3.85. The van der Waals surface area contributed by atoms with Gasteiger partial charge in [-0.25, -0.2) is 0 Å². The molecule has 19 heavy (non-hydrogen) atoms. The van der Waals surface area contributed by atoms with Crippen LogP contribution < -0.4 is 5.32 Å². The smallest absolute Gasteiger partial charge is 0.322 e. The maximum atomic E-state index is 11.5. The number of likely N-dealkylation sites (N-methyl/N-ethyl adjacent to an activating group) is 1. The fourth-order valence-corrected chi connectivity index (χ4v) is 2.87. The summed E-state index contributed by atoms with van der Waals surface area (Å²) in [5, 5.41) is 4.20. The van der Waals surface area contributed by atoms with E-state index in [4.69, 9.17) is 27.9 Å². The fraction of sp³-hybridized carbons (Fsp3) is 0.462. The molecule has 1 atom stereocenters. The molecule has 0 spiro atoms. The molecule has 0 saturated carbocycles. The molecule has 0 aliphatic carbocycles. The lowest BCUT2D eigenvalue weighted by Gasteiger charge is -2.14. The number of thioether (sulfide) groups is 1. The van der Waals surface area contributed by atoms with Crippen LogP contribution in [0.1, 0.15) is 13.3 Å². The second kappa shape index (κ2) is 8.69. The fourth-order valence-electron chi connectivity index (χ4n) is 1.55. The van der Waals surface area contributed by atoms with E-state index in [1.54, 1.807) is 17.8 Å². The van der Waals surface area contributed by atoms with Gasteiger partial charge >= 0.3 is 5.97 Å². The number of ether oxygens (including phenoxy) is 1. The average molecular weight is 322 g/mol. The van der Waals surface area contributed by atoms with Crippen LogP contribution in [0.3, 0.4) is 0 Å². The van der Waals surface area contributed by atoms with E-state index in [1.165, 1.54) is 7.11 Å². The summed E-state index contributed by atoms with van der Waals surface area (Å²) < 4.78 is 4.75. The van der Waals surface area contributed by atoms with E-state index in [0.717, 1.165) is 17.2 Å². The lowest BCUT2D eigenvalue weighted by atomic mass is 10.2. The summed E-state index contributed by atoms with van der Waals surface area (Å²) in [6.07, 6.45) is 0.700. The number of carbonyl (C=O) groups is 1. The molecule has 0 bridgehead atoms. The summed E-state index contributed by atoms with van der Waals surface area (Å²) in [5.41, 5.74) is 0. The molecule has 106 valence electrons. The van der Waals surface area contributed by atoms with Gasteiger partial charge in [0, 0.05) is 10.6 Å². The highest BCUT2D eigenvalue weighted by Crippen LogP contribution is 2.28. The minimum Gasteiger partial charge on any atom is -0.468 e. The third-order valence-corrected chi connectivity index (χ3v) is 4.27. The summed E-state index contributed by atoms with van der Waals surface area (Å²) in [5.74, 6) is 0.571. The Labute approximate surface area is 128 Å². The first kappa shape index (κ1) is 16.6. The van der Waals surface area contributed by atoms with Gasteiger partial charge in [-0.3, -0.25) is 4.79 Å². The third-order valence-electron chi connectivity index (χ3n) is 2.50. The molecule has 1 unspecified atom stereocenters. The molecular weight excluding hydrogens is 305 g/mol. The van der Waals surface area contributed by atoms with Gasteiger partial charge in [0.05, 0.1) is 17.2 Å². The topological polar surface area (TPSA) is 38.3 Å². The molecule has 1 aromatic carbocycles. The number of benzene rings is 1. The van der Waals surface area contributed by atoms with Crippen molar-refractivity contribution in [2.24, 2.45) is 0 Å². The van der Waals surface area contributed by atoms with Crippen LogP contribution in [0.4, 0.5) is 0 Å². The summed E-state index contributed by atoms with van der Waals surface area (Å²) in [6, 6.07) is 5.26. The van der Waals surface area contributed by atoms with Gasteiger partial charge in [-0.1, -0.05) is 30.1 Å². The first-order chi connectivity index (χ1) is 9.08. The van der Waals surface area contributed by atoms with Crippen molar-refractivity contribution in [2.45, 2.75) is 24.3 Å². The number of nitrogens with one attached hydrogen (secondary N) is 1. The Bertz CT molecular complexity index is 429. The van der Waals surface area contributed by atoms with Gasteiger partial charge in [0.1, 0.15) is 6.04 Å². The van der Waals surface area contributed by atoms with E-state index in [1.807, 2.05) is 19.1 Å². The Morgan fingerprint density at radius 2 is 2.16 bits per heavy atom. The zero-order valence-electron chi connectivity index (χ0n) is 10.9. The molecule has 1 aromatic rings. The van der Waals surface area contributed by atoms with Crippen molar-refractivity contribution in [1.82, 2.24) is 5.32 Å². The highest BCUT2D eigenvalue weighted by Gasteiger charge is 2.17. The van der Waals surface area contributed by atoms with Gasteiger partial charge in [-0.15, -0.1) is 11.8 Å². The van der Waals surface area contributed by atoms with Crippen LogP contribution in [0, 0.1) is 0 Å². The van der Waals surface area contributed by atoms with Gasteiger partial charge in [-0.2, -0.15) is 0 Å². The molecule has 1 N–H and O–H groups in total. The Kier molecular flexibility index (Phi) is 7.61. The van der Waals surface area contributed by atoms with Crippen molar-refractivity contribution in [2.75, 3.05) is 19.4 Å². The van der Waals surface area contributed by atoms with Crippen LogP contribution in [0.15, 0.2) is 23.1 Å². The van der Waals surface area contributed by atoms with E-state index in [9.17, 15) is 4.79 Å². The van der Waals surface area contributed by atoms with E-state index in [-0.39, 0.29) is 12.0 Å². The van der Waals surface area contributed by atoms with Crippen molar-refractivity contribution < 1.29 is 9.53 Å². The largest absolute Gasteiger partial charge is 0.468 e. The Morgan fingerprint density at radius 3 is 2.74 bits per heavy atom. The number of rotatable bonds is 7. The maximum absolute atomic E-state index is 11.5. The van der Waals surface area contributed by atoms with Crippen molar-refractivity contribution >= 4 is 40.9 Å². The monoisotopic (exact) mass is 321 g/mol. The lowest BCUT2D eigenvalue weighted by Crippen LogP contribution is -2.37. The molecule has 0 aromatic heterocycles. The van der Waals surface area contributed by atoms with Gasteiger partial charge < -0.3 is 10.1 Å². The molecule has 0 aliphatic rings. The van der Waals surface area contributed by atoms with Crippen molar-refractivity contribution in [1.29, 1.82) is 0 Å². The number of carbonyl (C=O) groups excluding carboxylic acids is 1. The number of methoxy groups -OCH3 is 1. The number of hydrogen-bond acceptors (Lipinski definition) is 4. The first-order valence-electron chi connectivity index (χ1n) is 5.97. The number of halogens is 2. The highest BCUT2D eigenvalue weighted by atomic mass is 35.5. The molecule has 6 heteroatoms. The molecule has 0 radical (unpaired) electrons. The second-order valence-corrected chi connectivity index (χ2v) is 5.83. The van der Waals surface area contributed by atoms with E-state index in [0.29, 0.717) is 16.5 Å². The molecule has 0 amide bonds. The summed E-state index contributed by atoms with van der Waals surface area (Å²) in [6.45, 7) is 2.69. The molecule has 0 fully saturated rings. The lowest BCUT2D eigenvalue weighted by molar-refractivity contribution is -0.143. The normalized spacial score (nSPS) is 12.2. The van der Waals surface area contributed by atoms with Gasteiger partial charge in [-0.05, 0) is 31.2 Å². The van der Waals surface area contributed by atoms with Crippen molar-refractivity contribution in [3.8, 4) is 0 Å². The molecule has 0 heterocycles. The quantitative estimate of drug-likeness (QED) is 0.614.